The molecular formula is C16H10ClFO3. The van der Waals surface area contributed by atoms with Crippen molar-refractivity contribution in [3.8, 4) is 5.75 Å². The normalized spacial score (nSPS) is 10.6. The molecule has 21 heavy (non-hydrogen) atoms. The number of hydrogen-bond donors (Lipinski definition) is 0. The molecule has 0 amide bonds. The summed E-state index contributed by atoms with van der Waals surface area (Å²) in [5.41, 5.74) is 0.839. The minimum absolute atomic E-state index is 0.128. The van der Waals surface area contributed by atoms with Crippen LogP contribution in [0.1, 0.15) is 15.9 Å². The van der Waals surface area contributed by atoms with E-state index in [0.29, 0.717) is 16.9 Å². The minimum Gasteiger partial charge on any atom is -0.423 e. The topological polar surface area (TPSA) is 43.4 Å². The molecule has 0 unspecified atom stereocenters. The second-order valence-electron chi connectivity index (χ2n) is 4.11. The first kappa shape index (κ1) is 14.9. The van der Waals surface area contributed by atoms with Gasteiger partial charge in [-0.2, -0.15) is 0 Å². The maximum atomic E-state index is 12.7. The molecule has 0 heterocycles. The van der Waals surface area contributed by atoms with Gasteiger partial charge in [-0.3, -0.25) is 4.79 Å². The number of rotatable bonds is 4. The van der Waals surface area contributed by atoms with E-state index in [9.17, 15) is 14.0 Å². The molecule has 2 rings (SSSR count). The first-order valence-electron chi connectivity index (χ1n) is 5.98. The van der Waals surface area contributed by atoms with Gasteiger partial charge in [0.05, 0.1) is 5.56 Å². The van der Waals surface area contributed by atoms with Gasteiger partial charge in [-0.05, 0) is 42.0 Å². The van der Waals surface area contributed by atoms with Crippen molar-refractivity contribution < 1.29 is 18.7 Å². The average molecular weight is 305 g/mol. The number of hydrogen-bond acceptors (Lipinski definition) is 3. The molecule has 0 aromatic heterocycles. The van der Waals surface area contributed by atoms with E-state index >= 15 is 0 Å². The zero-order valence-electron chi connectivity index (χ0n) is 10.8. The van der Waals surface area contributed by atoms with Crippen molar-refractivity contribution in [1.29, 1.82) is 0 Å². The summed E-state index contributed by atoms with van der Waals surface area (Å²) >= 11 is 5.74. The highest BCUT2D eigenvalue weighted by atomic mass is 35.5. The maximum absolute atomic E-state index is 12.7. The fourth-order valence-corrected chi connectivity index (χ4v) is 1.77. The van der Waals surface area contributed by atoms with Gasteiger partial charge in [0.25, 0.3) is 0 Å². The highest BCUT2D eigenvalue weighted by Gasteiger charge is 2.07. The molecule has 0 aliphatic rings. The summed E-state index contributed by atoms with van der Waals surface area (Å²) in [5, 5.41) is 0.374. The maximum Gasteiger partial charge on any atom is 0.336 e. The largest absolute Gasteiger partial charge is 0.423 e. The van der Waals surface area contributed by atoms with Crippen molar-refractivity contribution in [2.75, 3.05) is 0 Å². The Bertz CT molecular complexity index is 693. The van der Waals surface area contributed by atoms with E-state index in [2.05, 4.69) is 0 Å². The average Bonchev–Trinajstić information content (AvgIpc) is 2.48. The predicted molar refractivity (Wildman–Crippen MR) is 77.9 cm³/mol. The summed E-state index contributed by atoms with van der Waals surface area (Å²) in [4.78, 5) is 22.5. The Morgan fingerprint density at radius 1 is 1.14 bits per heavy atom. The van der Waals surface area contributed by atoms with Crippen LogP contribution < -0.4 is 4.74 Å². The van der Waals surface area contributed by atoms with E-state index in [-0.39, 0.29) is 17.1 Å². The van der Waals surface area contributed by atoms with Crippen molar-refractivity contribution in [3.63, 3.8) is 0 Å². The van der Waals surface area contributed by atoms with Crippen LogP contribution in [0.5, 0.6) is 5.75 Å². The lowest BCUT2D eigenvalue weighted by molar-refractivity contribution is -0.128. The van der Waals surface area contributed by atoms with Crippen molar-refractivity contribution in [1.82, 2.24) is 0 Å². The van der Waals surface area contributed by atoms with E-state index in [4.69, 9.17) is 16.3 Å². The summed E-state index contributed by atoms with van der Waals surface area (Å²) < 4.78 is 17.8. The number of esters is 1. The second kappa shape index (κ2) is 6.81. The Morgan fingerprint density at radius 3 is 2.52 bits per heavy atom. The molecule has 0 N–H and O–H groups in total. The van der Waals surface area contributed by atoms with E-state index in [1.54, 1.807) is 0 Å². The Morgan fingerprint density at radius 2 is 1.86 bits per heavy atom. The lowest BCUT2D eigenvalue weighted by Gasteiger charge is -2.04. The summed E-state index contributed by atoms with van der Waals surface area (Å²) in [6.07, 6.45) is 3.23. The Labute approximate surface area is 125 Å². The van der Waals surface area contributed by atoms with Crippen molar-refractivity contribution in [2.45, 2.75) is 0 Å². The van der Waals surface area contributed by atoms with Crippen molar-refractivity contribution in [3.05, 3.63) is 70.5 Å². The number of aldehydes is 1. The van der Waals surface area contributed by atoms with Gasteiger partial charge in [-0.1, -0.05) is 23.7 Å². The first-order chi connectivity index (χ1) is 10.1. The van der Waals surface area contributed by atoms with Crippen molar-refractivity contribution >= 4 is 29.9 Å². The van der Waals surface area contributed by atoms with Crippen LogP contribution >= 0.6 is 11.6 Å². The lowest BCUT2D eigenvalue weighted by atomic mass is 10.2. The Balaban J connectivity index is 2.08. The van der Waals surface area contributed by atoms with Gasteiger partial charge in [-0.25, -0.2) is 9.18 Å². The van der Waals surface area contributed by atoms with Gasteiger partial charge in [0.1, 0.15) is 11.6 Å². The van der Waals surface area contributed by atoms with Crippen LogP contribution in [0.4, 0.5) is 4.39 Å². The van der Waals surface area contributed by atoms with Crippen LogP contribution in [0.15, 0.2) is 48.5 Å². The molecule has 3 nitrogen and oxygen atoms in total. The first-order valence-corrected chi connectivity index (χ1v) is 6.36. The fraction of sp³-hybridized carbons (Fsp3) is 0. The molecule has 0 aliphatic heterocycles. The monoisotopic (exact) mass is 304 g/mol. The number of halogens is 2. The number of ether oxygens (including phenoxy) is 1. The van der Waals surface area contributed by atoms with Crippen LogP contribution in [0.25, 0.3) is 6.08 Å². The lowest BCUT2D eigenvalue weighted by Crippen LogP contribution is -2.05. The fourth-order valence-electron chi connectivity index (χ4n) is 1.58. The molecule has 0 radical (unpaired) electrons. The van der Waals surface area contributed by atoms with Crippen LogP contribution in [0, 0.1) is 5.82 Å². The number of carbonyl (C=O) groups is 2. The van der Waals surface area contributed by atoms with Crippen LogP contribution in [-0.4, -0.2) is 12.3 Å². The van der Waals surface area contributed by atoms with E-state index in [1.807, 2.05) is 0 Å². The van der Waals surface area contributed by atoms with Gasteiger partial charge in [0.2, 0.25) is 0 Å². The molecular weight excluding hydrogens is 295 g/mol. The second-order valence-corrected chi connectivity index (χ2v) is 4.54. The Kier molecular flexibility index (Phi) is 4.85. The zero-order chi connectivity index (χ0) is 15.2. The molecule has 0 atom stereocenters. The van der Waals surface area contributed by atoms with E-state index in [1.165, 1.54) is 54.6 Å². The molecule has 0 aliphatic carbocycles. The van der Waals surface area contributed by atoms with Gasteiger partial charge in [0.15, 0.2) is 6.29 Å². The van der Waals surface area contributed by atoms with Gasteiger partial charge in [-0.15, -0.1) is 0 Å². The van der Waals surface area contributed by atoms with Crippen LogP contribution in [0.2, 0.25) is 5.02 Å². The molecule has 2 aromatic carbocycles. The SMILES string of the molecule is O=Cc1cc(Cl)ccc1OC(=O)C=Cc1ccc(F)cc1. The highest BCUT2D eigenvalue weighted by Crippen LogP contribution is 2.21. The van der Waals surface area contributed by atoms with Gasteiger partial charge >= 0.3 is 5.97 Å². The highest BCUT2D eigenvalue weighted by molar-refractivity contribution is 6.30. The third kappa shape index (κ3) is 4.26. The van der Waals surface area contributed by atoms with E-state index in [0.717, 1.165) is 0 Å². The zero-order valence-corrected chi connectivity index (χ0v) is 11.5. The molecule has 5 heteroatoms. The summed E-state index contributed by atoms with van der Waals surface area (Å²) in [7, 11) is 0. The molecule has 0 spiro atoms. The minimum atomic E-state index is -0.648. The molecule has 0 fully saturated rings. The van der Waals surface area contributed by atoms with E-state index < -0.39 is 5.97 Å². The Hall–Kier alpha value is -2.46. The summed E-state index contributed by atoms with van der Waals surface area (Å²) in [5.74, 6) is -0.876. The van der Waals surface area contributed by atoms with Gasteiger partial charge < -0.3 is 4.74 Å². The predicted octanol–water partition coefficient (Wildman–Crippen LogP) is 3.91. The smallest absolute Gasteiger partial charge is 0.336 e. The molecule has 0 saturated heterocycles. The molecule has 0 saturated carbocycles. The quantitative estimate of drug-likeness (QED) is 0.372. The molecule has 106 valence electrons. The summed E-state index contributed by atoms with van der Waals surface area (Å²) in [6, 6.07) is 9.98. The summed E-state index contributed by atoms with van der Waals surface area (Å²) in [6.45, 7) is 0. The van der Waals surface area contributed by atoms with Crippen LogP contribution in [0.3, 0.4) is 0 Å². The number of benzene rings is 2. The third-order valence-electron chi connectivity index (χ3n) is 2.59. The molecule has 2 aromatic rings. The standard InChI is InChI=1S/C16H10ClFO3/c17-13-4-7-15(12(9-13)10-19)21-16(20)8-3-11-1-5-14(18)6-2-11/h1-10H. The third-order valence-corrected chi connectivity index (χ3v) is 2.83. The molecule has 0 bridgehead atoms. The van der Waals surface area contributed by atoms with Crippen molar-refractivity contribution in [2.24, 2.45) is 0 Å². The van der Waals surface area contributed by atoms with Crippen LogP contribution in [-0.2, 0) is 4.79 Å². The van der Waals surface area contributed by atoms with Gasteiger partial charge in [0, 0.05) is 11.1 Å². The number of carbonyl (C=O) groups excluding carboxylic acids is 2.